The molecule has 1 aromatic carbocycles. The molecule has 0 aliphatic rings. The average molecular weight is 431 g/mol. The minimum Gasteiger partial charge on any atom is -0.481 e. The summed E-state index contributed by atoms with van der Waals surface area (Å²) in [5.41, 5.74) is 7.43. The highest BCUT2D eigenvalue weighted by atomic mass is 16.4. The summed E-state index contributed by atoms with van der Waals surface area (Å²) in [5.74, 6) is -2.94. The van der Waals surface area contributed by atoms with E-state index in [9.17, 15) is 19.2 Å². The number of aliphatic carboxylic acids is 2. The van der Waals surface area contributed by atoms with Crippen molar-refractivity contribution in [1.82, 2.24) is 15.3 Å². The maximum Gasteiger partial charge on any atom is 0.326 e. The first kappa shape index (κ1) is 23.4. The van der Waals surface area contributed by atoms with Crippen LogP contribution in [0.4, 0.5) is 11.6 Å². The fourth-order valence-electron chi connectivity index (χ4n) is 2.93. The quantitative estimate of drug-likeness (QED) is 0.279. The van der Waals surface area contributed by atoms with Crippen LogP contribution in [0.2, 0.25) is 0 Å². The Labute approximate surface area is 177 Å². The summed E-state index contributed by atoms with van der Waals surface area (Å²) in [6, 6.07) is 5.13. The lowest BCUT2D eigenvalue weighted by atomic mass is 10.1. The van der Waals surface area contributed by atoms with Crippen molar-refractivity contribution in [2.45, 2.75) is 38.6 Å². The first-order chi connectivity index (χ1) is 14.7. The number of nitrogens with zero attached hydrogens (tertiary/aromatic N) is 1. The number of hydrogen-bond acceptors (Lipinski definition) is 7. The second-order valence-electron chi connectivity index (χ2n) is 6.92. The zero-order valence-corrected chi connectivity index (χ0v) is 17.0. The number of carboxylic acids is 2. The van der Waals surface area contributed by atoms with Crippen molar-refractivity contribution in [2.24, 2.45) is 0 Å². The van der Waals surface area contributed by atoms with Gasteiger partial charge in [0.15, 0.2) is 0 Å². The van der Waals surface area contributed by atoms with E-state index in [1.165, 1.54) is 12.1 Å². The van der Waals surface area contributed by atoms with Crippen LogP contribution in [0.3, 0.4) is 0 Å². The molecule has 1 aromatic heterocycles. The normalized spacial score (nSPS) is 11.5. The summed E-state index contributed by atoms with van der Waals surface area (Å²) < 4.78 is 0. The number of rotatable bonds is 11. The van der Waals surface area contributed by atoms with Crippen LogP contribution < -0.4 is 21.9 Å². The summed E-state index contributed by atoms with van der Waals surface area (Å²) in [7, 11) is 0. The monoisotopic (exact) mass is 431 g/mol. The van der Waals surface area contributed by atoms with Crippen LogP contribution in [-0.4, -0.2) is 50.6 Å². The Bertz CT molecular complexity index is 1000. The molecule has 1 heterocycles. The van der Waals surface area contributed by atoms with Gasteiger partial charge in [0.2, 0.25) is 5.95 Å². The number of nitrogens with one attached hydrogen (secondary N) is 3. The van der Waals surface area contributed by atoms with Crippen LogP contribution >= 0.6 is 0 Å². The van der Waals surface area contributed by atoms with Crippen molar-refractivity contribution < 1.29 is 24.6 Å². The molecule has 0 fully saturated rings. The van der Waals surface area contributed by atoms with E-state index < -0.39 is 23.9 Å². The topological polar surface area (TPSA) is 187 Å². The largest absolute Gasteiger partial charge is 0.481 e. The molecule has 0 aliphatic heterocycles. The maximum absolute atomic E-state index is 12.2. The van der Waals surface area contributed by atoms with Gasteiger partial charge >= 0.3 is 11.9 Å². The van der Waals surface area contributed by atoms with Gasteiger partial charge in [0.1, 0.15) is 6.04 Å². The second-order valence-corrected chi connectivity index (χ2v) is 6.92. The predicted octanol–water partition coefficient (Wildman–Crippen LogP) is 0.753. The van der Waals surface area contributed by atoms with E-state index in [-0.39, 0.29) is 29.9 Å². The van der Waals surface area contributed by atoms with Crippen LogP contribution in [-0.2, 0) is 16.0 Å². The number of anilines is 2. The number of carbonyl (C=O) groups excluding carboxylic acids is 1. The van der Waals surface area contributed by atoms with E-state index in [1.54, 1.807) is 19.1 Å². The average Bonchev–Trinajstić information content (AvgIpc) is 2.69. The Morgan fingerprint density at radius 1 is 1.19 bits per heavy atom. The van der Waals surface area contributed by atoms with E-state index in [4.69, 9.17) is 15.9 Å². The lowest BCUT2D eigenvalue weighted by Crippen LogP contribution is -2.41. The molecule has 0 bridgehead atoms. The Hall–Kier alpha value is -3.89. The number of aromatic amines is 1. The van der Waals surface area contributed by atoms with E-state index in [0.717, 1.165) is 5.69 Å². The third-order valence-electron chi connectivity index (χ3n) is 4.57. The van der Waals surface area contributed by atoms with E-state index in [0.29, 0.717) is 30.6 Å². The molecule has 0 unspecified atom stereocenters. The Balaban J connectivity index is 1.86. The molecule has 11 nitrogen and oxygen atoms in total. The summed E-state index contributed by atoms with van der Waals surface area (Å²) in [6.07, 6.45) is 0.621. The van der Waals surface area contributed by atoms with Crippen LogP contribution in [0.25, 0.3) is 0 Å². The number of aryl methyl sites for hydroxylation is 1. The minimum absolute atomic E-state index is 0.0880. The summed E-state index contributed by atoms with van der Waals surface area (Å²) in [5, 5.41) is 23.3. The van der Waals surface area contributed by atoms with Gasteiger partial charge in [-0.1, -0.05) is 0 Å². The van der Waals surface area contributed by atoms with Crippen molar-refractivity contribution in [3.05, 3.63) is 51.4 Å². The highest BCUT2D eigenvalue weighted by Gasteiger charge is 2.21. The molecule has 2 aromatic rings. The first-order valence-corrected chi connectivity index (χ1v) is 9.62. The van der Waals surface area contributed by atoms with Gasteiger partial charge in [0, 0.05) is 35.5 Å². The van der Waals surface area contributed by atoms with Gasteiger partial charge in [-0.2, -0.15) is 0 Å². The van der Waals surface area contributed by atoms with Gasteiger partial charge in [0.25, 0.3) is 11.5 Å². The third kappa shape index (κ3) is 7.14. The number of amides is 1. The van der Waals surface area contributed by atoms with Gasteiger partial charge in [-0.15, -0.1) is 0 Å². The van der Waals surface area contributed by atoms with Crippen LogP contribution in [0.15, 0.2) is 29.1 Å². The zero-order valence-electron chi connectivity index (χ0n) is 17.0. The molecule has 1 atom stereocenters. The Morgan fingerprint density at radius 3 is 2.45 bits per heavy atom. The number of carbonyl (C=O) groups is 3. The summed E-state index contributed by atoms with van der Waals surface area (Å²) >= 11 is 0. The first-order valence-electron chi connectivity index (χ1n) is 9.62. The molecular formula is C20H25N5O6. The Kier molecular flexibility index (Phi) is 8.12. The molecule has 166 valence electrons. The molecule has 1 amide bonds. The van der Waals surface area contributed by atoms with E-state index >= 15 is 0 Å². The summed E-state index contributed by atoms with van der Waals surface area (Å²) in [6.45, 7) is 2.31. The SMILES string of the molecule is Cc1nc(N)[nH]c(=O)c1CCCNc1ccc(C(=O)N[C@H](CCC(=O)O)C(=O)O)cc1. The number of nitrogen functional groups attached to an aromatic ring is 1. The fourth-order valence-corrected chi connectivity index (χ4v) is 2.93. The molecule has 7 N–H and O–H groups in total. The molecule has 0 aliphatic carbocycles. The number of hydrogen-bond donors (Lipinski definition) is 6. The standard InChI is InChI=1S/C20H25N5O6/c1-11-14(18(29)25-20(21)23-11)3-2-10-22-13-6-4-12(5-7-13)17(28)24-15(19(30)31)8-9-16(26)27/h4-7,15,22H,2-3,8-10H2,1H3,(H,24,28)(H,26,27)(H,30,31)(H3,21,23,25,29)/t15-/m1/s1. The number of nitrogens with two attached hydrogens (primary N) is 1. The number of aromatic nitrogens is 2. The van der Waals surface area contributed by atoms with Crippen molar-refractivity contribution >= 4 is 29.5 Å². The van der Waals surface area contributed by atoms with Crippen molar-refractivity contribution in [1.29, 1.82) is 0 Å². The molecule has 0 saturated carbocycles. The minimum atomic E-state index is -1.29. The van der Waals surface area contributed by atoms with Crippen molar-refractivity contribution in [3.63, 3.8) is 0 Å². The van der Waals surface area contributed by atoms with Crippen molar-refractivity contribution in [2.75, 3.05) is 17.6 Å². The lowest BCUT2D eigenvalue weighted by molar-refractivity contribution is -0.140. The second kappa shape index (κ2) is 10.8. The highest BCUT2D eigenvalue weighted by molar-refractivity contribution is 5.96. The Morgan fingerprint density at radius 2 is 1.87 bits per heavy atom. The lowest BCUT2D eigenvalue weighted by Gasteiger charge is -2.14. The van der Waals surface area contributed by atoms with Gasteiger partial charge in [-0.3, -0.25) is 19.4 Å². The van der Waals surface area contributed by atoms with E-state index in [1.807, 2.05) is 0 Å². The van der Waals surface area contributed by atoms with Gasteiger partial charge in [0.05, 0.1) is 0 Å². The third-order valence-corrected chi connectivity index (χ3v) is 4.57. The fraction of sp³-hybridized carbons (Fsp3) is 0.350. The van der Waals surface area contributed by atoms with Crippen LogP contribution in [0.5, 0.6) is 0 Å². The van der Waals surface area contributed by atoms with Gasteiger partial charge < -0.3 is 26.6 Å². The molecule has 0 spiro atoms. The number of H-pyrrole nitrogens is 1. The molecule has 2 rings (SSSR count). The summed E-state index contributed by atoms with van der Waals surface area (Å²) in [4.78, 5) is 52.5. The molecule has 0 saturated heterocycles. The highest BCUT2D eigenvalue weighted by Crippen LogP contribution is 2.11. The predicted molar refractivity (Wildman–Crippen MR) is 113 cm³/mol. The smallest absolute Gasteiger partial charge is 0.326 e. The zero-order chi connectivity index (χ0) is 23.0. The molecule has 31 heavy (non-hydrogen) atoms. The van der Waals surface area contributed by atoms with Gasteiger partial charge in [-0.05, 0) is 50.5 Å². The molecule has 11 heteroatoms. The molecular weight excluding hydrogens is 406 g/mol. The van der Waals surface area contributed by atoms with Crippen LogP contribution in [0.1, 0.15) is 40.9 Å². The molecule has 0 radical (unpaired) electrons. The van der Waals surface area contributed by atoms with Gasteiger partial charge in [-0.25, -0.2) is 9.78 Å². The van der Waals surface area contributed by atoms with Crippen LogP contribution in [0, 0.1) is 6.92 Å². The number of carboxylic acid groups (broad SMARTS) is 2. The maximum atomic E-state index is 12.2. The number of benzene rings is 1. The van der Waals surface area contributed by atoms with Crippen molar-refractivity contribution in [3.8, 4) is 0 Å². The van der Waals surface area contributed by atoms with E-state index in [2.05, 4.69) is 20.6 Å².